The Balaban J connectivity index is 2.17. The Labute approximate surface area is 95.3 Å². The van der Waals surface area contributed by atoms with Crippen molar-refractivity contribution in [1.82, 2.24) is 14.6 Å². The van der Waals surface area contributed by atoms with Crippen LogP contribution in [0.15, 0.2) is 47.5 Å². The molecule has 5 heteroatoms. The minimum Gasteiger partial charge on any atom is -0.268 e. The number of H-pyrrole nitrogens is 1. The number of nitrogens with one attached hydrogen (secondary N) is 1. The van der Waals surface area contributed by atoms with Gasteiger partial charge in [-0.2, -0.15) is 0 Å². The number of aromatic nitrogens is 3. The summed E-state index contributed by atoms with van der Waals surface area (Å²) in [6.07, 6.45) is 3.40. The molecule has 0 saturated heterocycles. The Kier molecular flexibility index (Phi) is 2.04. The molecule has 2 heterocycles. The van der Waals surface area contributed by atoms with Gasteiger partial charge >= 0.3 is 0 Å². The van der Waals surface area contributed by atoms with Gasteiger partial charge in [0.25, 0.3) is 5.56 Å². The molecule has 0 aliphatic heterocycles. The highest BCUT2D eigenvalue weighted by atomic mass is 19.1. The van der Waals surface area contributed by atoms with E-state index in [-0.39, 0.29) is 11.4 Å². The first kappa shape index (κ1) is 9.77. The van der Waals surface area contributed by atoms with Crippen LogP contribution < -0.4 is 5.56 Å². The summed E-state index contributed by atoms with van der Waals surface area (Å²) in [6, 6.07) is 7.52. The predicted octanol–water partition coefficient (Wildman–Crippen LogP) is 1.83. The zero-order valence-electron chi connectivity index (χ0n) is 8.72. The topological polar surface area (TPSA) is 50.2 Å². The van der Waals surface area contributed by atoms with Gasteiger partial charge in [0.15, 0.2) is 5.65 Å². The van der Waals surface area contributed by atoms with E-state index in [4.69, 9.17) is 0 Å². The van der Waals surface area contributed by atoms with E-state index in [1.54, 1.807) is 29.0 Å². The number of halogens is 1. The van der Waals surface area contributed by atoms with Crippen molar-refractivity contribution < 1.29 is 4.39 Å². The predicted molar refractivity (Wildman–Crippen MR) is 61.2 cm³/mol. The molecule has 3 rings (SSSR count). The third-order valence-electron chi connectivity index (χ3n) is 2.52. The van der Waals surface area contributed by atoms with Crippen LogP contribution in [0.2, 0.25) is 0 Å². The van der Waals surface area contributed by atoms with Gasteiger partial charge < -0.3 is 0 Å². The number of aromatic amines is 1. The molecule has 2 aromatic heterocycles. The fourth-order valence-electron chi connectivity index (χ4n) is 1.69. The van der Waals surface area contributed by atoms with Gasteiger partial charge in [0.2, 0.25) is 0 Å². The van der Waals surface area contributed by atoms with Crippen LogP contribution in [-0.4, -0.2) is 14.6 Å². The highest BCUT2D eigenvalue weighted by molar-refractivity contribution is 5.62. The van der Waals surface area contributed by atoms with Crippen LogP contribution in [0, 0.1) is 5.82 Å². The highest BCUT2D eigenvalue weighted by Gasteiger charge is 2.02. The molecule has 0 bridgehead atoms. The molecule has 0 aliphatic carbocycles. The van der Waals surface area contributed by atoms with E-state index in [0.29, 0.717) is 5.65 Å². The summed E-state index contributed by atoms with van der Waals surface area (Å²) in [7, 11) is 0. The average molecular weight is 229 g/mol. The quantitative estimate of drug-likeness (QED) is 0.692. The SMILES string of the molecule is O=c1cc2ncc(-c3ccc(F)cc3)cn2[nH]1. The molecule has 0 unspecified atom stereocenters. The van der Waals surface area contributed by atoms with E-state index in [9.17, 15) is 9.18 Å². The molecule has 4 nitrogen and oxygen atoms in total. The van der Waals surface area contributed by atoms with Crippen molar-refractivity contribution in [2.45, 2.75) is 0 Å². The molecule has 84 valence electrons. The number of fused-ring (bicyclic) bond motifs is 1. The van der Waals surface area contributed by atoms with Crippen molar-refractivity contribution in [3.8, 4) is 11.1 Å². The van der Waals surface area contributed by atoms with E-state index in [0.717, 1.165) is 11.1 Å². The minimum absolute atomic E-state index is 0.200. The molecular formula is C12H8FN3O. The highest BCUT2D eigenvalue weighted by Crippen LogP contribution is 2.18. The van der Waals surface area contributed by atoms with E-state index < -0.39 is 0 Å². The van der Waals surface area contributed by atoms with Crippen molar-refractivity contribution in [1.29, 1.82) is 0 Å². The number of hydrogen-bond donors (Lipinski definition) is 1. The fraction of sp³-hybridized carbons (Fsp3) is 0. The van der Waals surface area contributed by atoms with Gasteiger partial charge in [0, 0.05) is 24.0 Å². The molecular weight excluding hydrogens is 221 g/mol. The average Bonchev–Trinajstić information content (AvgIpc) is 2.69. The maximum absolute atomic E-state index is 12.8. The van der Waals surface area contributed by atoms with Crippen LogP contribution in [0.4, 0.5) is 4.39 Å². The summed E-state index contributed by atoms with van der Waals surface area (Å²) in [5.41, 5.74) is 2.01. The molecule has 1 N–H and O–H groups in total. The first-order chi connectivity index (χ1) is 8.22. The molecule has 0 radical (unpaired) electrons. The Hall–Kier alpha value is -2.43. The standard InChI is InChI=1S/C12H8FN3O/c13-10-3-1-8(2-4-10)9-6-14-11-5-12(17)15-16(11)7-9/h1-7H,(H,15,17). The van der Waals surface area contributed by atoms with Crippen molar-refractivity contribution in [2.24, 2.45) is 0 Å². The second-order valence-corrected chi connectivity index (χ2v) is 3.70. The molecule has 0 amide bonds. The summed E-state index contributed by atoms with van der Waals surface area (Å²) in [6.45, 7) is 0. The van der Waals surface area contributed by atoms with E-state index in [2.05, 4.69) is 10.1 Å². The maximum atomic E-state index is 12.8. The van der Waals surface area contributed by atoms with Gasteiger partial charge in [0.1, 0.15) is 5.82 Å². The Morgan fingerprint density at radius 3 is 2.71 bits per heavy atom. The van der Waals surface area contributed by atoms with Crippen LogP contribution in [0.5, 0.6) is 0 Å². The summed E-state index contributed by atoms with van der Waals surface area (Å²) in [5.74, 6) is -0.280. The van der Waals surface area contributed by atoms with Crippen LogP contribution in [0.1, 0.15) is 0 Å². The Morgan fingerprint density at radius 2 is 1.94 bits per heavy atom. The Bertz CT molecular complexity index is 727. The van der Waals surface area contributed by atoms with E-state index in [1.165, 1.54) is 18.2 Å². The van der Waals surface area contributed by atoms with Gasteiger partial charge in [-0.1, -0.05) is 12.1 Å². The van der Waals surface area contributed by atoms with Crippen LogP contribution in [-0.2, 0) is 0 Å². The van der Waals surface area contributed by atoms with E-state index >= 15 is 0 Å². The molecule has 17 heavy (non-hydrogen) atoms. The number of benzene rings is 1. The lowest BCUT2D eigenvalue weighted by atomic mass is 10.1. The molecule has 1 aromatic carbocycles. The normalized spacial score (nSPS) is 10.9. The molecule has 0 saturated carbocycles. The van der Waals surface area contributed by atoms with E-state index in [1.807, 2.05) is 0 Å². The molecule has 0 fully saturated rings. The zero-order chi connectivity index (χ0) is 11.8. The molecule has 0 atom stereocenters. The molecule has 0 aliphatic rings. The molecule has 3 aromatic rings. The fourth-order valence-corrected chi connectivity index (χ4v) is 1.69. The number of nitrogens with zero attached hydrogens (tertiary/aromatic N) is 2. The van der Waals surface area contributed by atoms with Gasteiger partial charge in [-0.25, -0.2) is 13.9 Å². The van der Waals surface area contributed by atoms with Crippen molar-refractivity contribution in [3.05, 3.63) is 58.9 Å². The largest absolute Gasteiger partial charge is 0.268 e. The minimum atomic E-state index is -0.280. The second-order valence-electron chi connectivity index (χ2n) is 3.70. The van der Waals surface area contributed by atoms with Gasteiger partial charge in [-0.05, 0) is 17.7 Å². The monoisotopic (exact) mass is 229 g/mol. The van der Waals surface area contributed by atoms with Gasteiger partial charge in [0.05, 0.1) is 0 Å². The lowest BCUT2D eigenvalue weighted by Crippen LogP contribution is -1.98. The third-order valence-corrected chi connectivity index (χ3v) is 2.52. The lowest BCUT2D eigenvalue weighted by molar-refractivity contribution is 0.628. The zero-order valence-corrected chi connectivity index (χ0v) is 8.72. The van der Waals surface area contributed by atoms with Crippen molar-refractivity contribution in [2.75, 3.05) is 0 Å². The maximum Gasteiger partial charge on any atom is 0.266 e. The van der Waals surface area contributed by atoms with Crippen LogP contribution >= 0.6 is 0 Å². The van der Waals surface area contributed by atoms with Crippen molar-refractivity contribution in [3.63, 3.8) is 0 Å². The first-order valence-corrected chi connectivity index (χ1v) is 5.06. The number of hydrogen-bond acceptors (Lipinski definition) is 2. The Morgan fingerprint density at radius 1 is 1.18 bits per heavy atom. The second kappa shape index (κ2) is 3.55. The molecule has 0 spiro atoms. The first-order valence-electron chi connectivity index (χ1n) is 5.06. The van der Waals surface area contributed by atoms with Crippen molar-refractivity contribution >= 4 is 5.65 Å². The van der Waals surface area contributed by atoms with Gasteiger partial charge in [-0.15, -0.1) is 0 Å². The summed E-state index contributed by atoms with van der Waals surface area (Å²) in [4.78, 5) is 15.3. The number of rotatable bonds is 1. The van der Waals surface area contributed by atoms with Crippen LogP contribution in [0.25, 0.3) is 16.8 Å². The van der Waals surface area contributed by atoms with Gasteiger partial charge in [-0.3, -0.25) is 9.89 Å². The summed E-state index contributed by atoms with van der Waals surface area (Å²) < 4.78 is 14.3. The summed E-state index contributed by atoms with van der Waals surface area (Å²) >= 11 is 0. The summed E-state index contributed by atoms with van der Waals surface area (Å²) in [5, 5.41) is 2.60. The lowest BCUT2D eigenvalue weighted by Gasteiger charge is -2.01. The smallest absolute Gasteiger partial charge is 0.266 e. The van der Waals surface area contributed by atoms with Crippen LogP contribution in [0.3, 0.4) is 0 Å². The third kappa shape index (κ3) is 1.71.